The number of rotatable bonds is 8. The van der Waals surface area contributed by atoms with Crippen LogP contribution >= 0.6 is 0 Å². The summed E-state index contributed by atoms with van der Waals surface area (Å²) in [6.45, 7) is 3.26. The number of aromatic nitrogens is 1. The minimum Gasteiger partial charge on any atom is -0.461 e. The van der Waals surface area contributed by atoms with Crippen molar-refractivity contribution in [3.63, 3.8) is 0 Å². The van der Waals surface area contributed by atoms with Crippen LogP contribution in [0.2, 0.25) is 0 Å². The number of pyridine rings is 1. The minimum atomic E-state index is -1.58. The van der Waals surface area contributed by atoms with E-state index in [4.69, 9.17) is 9.84 Å². The van der Waals surface area contributed by atoms with Crippen LogP contribution in [0.5, 0.6) is 5.75 Å². The third-order valence-electron chi connectivity index (χ3n) is 6.79. The monoisotopic (exact) mass is 509 g/mol. The average Bonchev–Trinajstić information content (AvgIpc) is 3.74. The second-order valence-corrected chi connectivity index (χ2v) is 9.37. The number of nitrogens with zero attached hydrogens (tertiary/aromatic N) is 3. The zero-order chi connectivity index (χ0) is 25.9. The number of carboxylic acid groups (broad SMARTS) is 1. The zero-order valence-electron chi connectivity index (χ0n) is 20.3. The molecule has 1 saturated heterocycles. The Morgan fingerprint density at radius 3 is 2.46 bits per heavy atom. The SMILES string of the molecule is O=C(O)Oc1cn(C2CC2)c2cc(N3CCN(CCC(=O)OCc4ccccc4)CC3)c(F)cc2c1=O. The molecule has 1 N–H and O–H groups in total. The molecule has 2 aliphatic rings. The molecule has 10 heteroatoms. The van der Waals surface area contributed by atoms with E-state index >= 15 is 4.39 Å². The van der Waals surface area contributed by atoms with Gasteiger partial charge in [-0.3, -0.25) is 14.5 Å². The van der Waals surface area contributed by atoms with Gasteiger partial charge in [0.25, 0.3) is 0 Å². The molecular weight excluding hydrogens is 481 g/mol. The molecule has 2 heterocycles. The molecule has 1 aliphatic carbocycles. The molecule has 2 fully saturated rings. The van der Waals surface area contributed by atoms with Crippen LogP contribution < -0.4 is 15.1 Å². The number of carbonyl (C=O) groups is 2. The van der Waals surface area contributed by atoms with Gasteiger partial charge in [-0.25, -0.2) is 9.18 Å². The van der Waals surface area contributed by atoms with Gasteiger partial charge in [-0.1, -0.05) is 30.3 Å². The Morgan fingerprint density at radius 1 is 1.05 bits per heavy atom. The Morgan fingerprint density at radius 2 is 1.78 bits per heavy atom. The molecule has 1 aromatic heterocycles. The first-order valence-electron chi connectivity index (χ1n) is 12.3. The van der Waals surface area contributed by atoms with Crippen molar-refractivity contribution < 1.29 is 28.6 Å². The number of esters is 1. The van der Waals surface area contributed by atoms with Gasteiger partial charge in [0.05, 0.1) is 29.2 Å². The summed E-state index contributed by atoms with van der Waals surface area (Å²) in [6, 6.07) is 12.5. The zero-order valence-corrected chi connectivity index (χ0v) is 20.3. The van der Waals surface area contributed by atoms with Gasteiger partial charge in [0.15, 0.2) is 5.75 Å². The van der Waals surface area contributed by atoms with Crippen molar-refractivity contribution in [1.82, 2.24) is 9.47 Å². The fourth-order valence-electron chi connectivity index (χ4n) is 4.67. The van der Waals surface area contributed by atoms with Crippen LogP contribution in [0, 0.1) is 5.82 Å². The second kappa shape index (κ2) is 10.6. The van der Waals surface area contributed by atoms with Crippen molar-refractivity contribution in [2.45, 2.75) is 31.9 Å². The molecular formula is C27H28FN3O6. The summed E-state index contributed by atoms with van der Waals surface area (Å²) in [7, 11) is 0. The predicted molar refractivity (Wildman–Crippen MR) is 135 cm³/mol. The third-order valence-corrected chi connectivity index (χ3v) is 6.79. The first kappa shape index (κ1) is 24.8. The first-order valence-corrected chi connectivity index (χ1v) is 12.3. The van der Waals surface area contributed by atoms with Gasteiger partial charge >= 0.3 is 12.1 Å². The largest absolute Gasteiger partial charge is 0.511 e. The number of hydrogen-bond donors (Lipinski definition) is 1. The quantitative estimate of drug-likeness (QED) is 0.458. The van der Waals surface area contributed by atoms with Gasteiger partial charge in [0.1, 0.15) is 12.4 Å². The van der Waals surface area contributed by atoms with Crippen LogP contribution in [0.1, 0.15) is 30.9 Å². The highest BCUT2D eigenvalue weighted by atomic mass is 19.1. The number of anilines is 1. The van der Waals surface area contributed by atoms with Crippen molar-refractivity contribution in [2.75, 3.05) is 37.6 Å². The Labute approximate surface area is 212 Å². The number of fused-ring (bicyclic) bond motifs is 1. The normalized spacial score (nSPS) is 16.1. The second-order valence-electron chi connectivity index (χ2n) is 9.37. The van der Waals surface area contributed by atoms with Crippen LogP contribution in [-0.2, 0) is 16.1 Å². The van der Waals surface area contributed by atoms with Crippen molar-refractivity contribution in [3.05, 3.63) is 70.3 Å². The van der Waals surface area contributed by atoms with Crippen LogP contribution in [0.4, 0.5) is 14.9 Å². The van der Waals surface area contributed by atoms with Gasteiger partial charge in [-0.05, 0) is 30.5 Å². The third kappa shape index (κ3) is 5.75. The maximum Gasteiger partial charge on any atom is 0.511 e. The van der Waals surface area contributed by atoms with Gasteiger partial charge in [0.2, 0.25) is 5.43 Å². The van der Waals surface area contributed by atoms with Crippen LogP contribution in [-0.4, -0.2) is 59.4 Å². The maximum atomic E-state index is 15.2. The fraction of sp³-hybridized carbons (Fsp3) is 0.370. The summed E-state index contributed by atoms with van der Waals surface area (Å²) in [5.74, 6) is -1.12. The highest BCUT2D eigenvalue weighted by Gasteiger charge is 2.28. The Kier molecular flexibility index (Phi) is 7.09. The summed E-state index contributed by atoms with van der Waals surface area (Å²) in [5.41, 5.74) is 1.25. The lowest BCUT2D eigenvalue weighted by Crippen LogP contribution is -2.47. The highest BCUT2D eigenvalue weighted by molar-refractivity contribution is 5.85. The lowest BCUT2D eigenvalue weighted by Gasteiger charge is -2.36. The molecule has 0 spiro atoms. The molecule has 1 aliphatic heterocycles. The van der Waals surface area contributed by atoms with Crippen LogP contribution in [0.15, 0.2) is 53.5 Å². The van der Waals surface area contributed by atoms with E-state index in [1.165, 1.54) is 12.3 Å². The van der Waals surface area contributed by atoms with E-state index in [0.717, 1.165) is 18.4 Å². The van der Waals surface area contributed by atoms with E-state index in [1.54, 1.807) is 6.07 Å². The summed E-state index contributed by atoms with van der Waals surface area (Å²) in [4.78, 5) is 40.0. The molecule has 0 amide bonds. The number of benzene rings is 2. The molecule has 0 radical (unpaired) electrons. The lowest BCUT2D eigenvalue weighted by atomic mass is 10.1. The van der Waals surface area contributed by atoms with Crippen molar-refractivity contribution >= 4 is 28.7 Å². The standard InChI is InChI=1S/C27H28FN3O6/c28-21-14-20-22(31(19-6-7-19)16-24(26(20)33)37-27(34)35)15-23(21)30-12-10-29(11-13-30)9-8-25(32)36-17-18-4-2-1-3-5-18/h1-5,14-16,19H,6-13,17H2,(H,34,35). The number of piperazine rings is 1. The fourth-order valence-corrected chi connectivity index (χ4v) is 4.67. The highest BCUT2D eigenvalue weighted by Crippen LogP contribution is 2.39. The van der Waals surface area contributed by atoms with E-state index in [9.17, 15) is 14.4 Å². The Balaban J connectivity index is 1.23. The van der Waals surface area contributed by atoms with E-state index in [0.29, 0.717) is 43.9 Å². The lowest BCUT2D eigenvalue weighted by molar-refractivity contribution is -0.145. The van der Waals surface area contributed by atoms with Gasteiger partial charge in [-0.2, -0.15) is 0 Å². The molecule has 37 heavy (non-hydrogen) atoms. The minimum absolute atomic E-state index is 0.0968. The Bertz CT molecular complexity index is 1360. The number of carbonyl (C=O) groups excluding carboxylic acids is 1. The molecule has 5 rings (SSSR count). The number of halogens is 1. The van der Waals surface area contributed by atoms with Crippen LogP contribution in [0.3, 0.4) is 0 Å². The molecule has 0 bridgehead atoms. The molecule has 0 unspecified atom stereocenters. The summed E-state index contributed by atoms with van der Waals surface area (Å²) in [5, 5.41) is 9.06. The van der Waals surface area contributed by atoms with E-state index < -0.39 is 17.4 Å². The van der Waals surface area contributed by atoms with E-state index in [-0.39, 0.29) is 36.2 Å². The maximum absolute atomic E-state index is 15.2. The topological polar surface area (TPSA) is 101 Å². The Hall–Kier alpha value is -3.92. The van der Waals surface area contributed by atoms with Crippen molar-refractivity contribution in [2.24, 2.45) is 0 Å². The first-order chi connectivity index (χ1) is 17.9. The molecule has 1 saturated carbocycles. The molecule has 2 aromatic carbocycles. The summed E-state index contributed by atoms with van der Waals surface area (Å²) < 4.78 is 27.0. The van der Waals surface area contributed by atoms with E-state index in [2.05, 4.69) is 9.64 Å². The van der Waals surface area contributed by atoms with E-state index in [1.807, 2.05) is 39.8 Å². The summed E-state index contributed by atoms with van der Waals surface area (Å²) >= 11 is 0. The molecule has 3 aromatic rings. The van der Waals surface area contributed by atoms with Gasteiger partial charge < -0.3 is 24.0 Å². The van der Waals surface area contributed by atoms with Crippen molar-refractivity contribution in [3.8, 4) is 5.75 Å². The molecule has 9 nitrogen and oxygen atoms in total. The van der Waals surface area contributed by atoms with Gasteiger partial charge in [-0.15, -0.1) is 0 Å². The van der Waals surface area contributed by atoms with Crippen LogP contribution in [0.25, 0.3) is 10.9 Å². The molecule has 0 atom stereocenters. The number of hydrogen-bond acceptors (Lipinski definition) is 7. The molecule has 194 valence electrons. The number of ether oxygens (including phenoxy) is 2. The van der Waals surface area contributed by atoms with Gasteiger partial charge in [0, 0.05) is 38.8 Å². The summed E-state index contributed by atoms with van der Waals surface area (Å²) in [6.07, 6.45) is 1.89. The average molecular weight is 510 g/mol. The predicted octanol–water partition coefficient (Wildman–Crippen LogP) is 3.79. The van der Waals surface area contributed by atoms with Crippen molar-refractivity contribution in [1.29, 1.82) is 0 Å². The smallest absolute Gasteiger partial charge is 0.461 e.